The van der Waals surface area contributed by atoms with E-state index in [0.29, 0.717) is 25.8 Å². The monoisotopic (exact) mass is 478 g/mol. The number of carboxylic acid groups (broad SMARTS) is 1. The Kier molecular flexibility index (Phi) is 7.43. The number of carboxylic acids is 1. The second-order valence-corrected chi connectivity index (χ2v) is 9.59. The van der Waals surface area contributed by atoms with Crippen LogP contribution in [-0.4, -0.2) is 41.8 Å². The molecule has 0 aliphatic heterocycles. The maximum atomic E-state index is 13.2. The molecular weight excluding hydrogens is 444 g/mol. The van der Waals surface area contributed by atoms with Crippen LogP contribution in [0.4, 0.5) is 4.79 Å². The van der Waals surface area contributed by atoms with E-state index in [2.05, 4.69) is 34.9 Å². The minimum Gasteiger partial charge on any atom is -0.481 e. The first kappa shape index (κ1) is 24.8. The van der Waals surface area contributed by atoms with Crippen molar-refractivity contribution in [2.45, 2.75) is 57.4 Å². The van der Waals surface area contributed by atoms with Crippen molar-refractivity contribution in [2.75, 3.05) is 13.2 Å². The van der Waals surface area contributed by atoms with Crippen LogP contribution >= 0.6 is 0 Å². The van der Waals surface area contributed by atoms with Gasteiger partial charge in [-0.1, -0.05) is 68.8 Å². The molecule has 2 aliphatic rings. The molecule has 0 saturated heterocycles. The molecule has 2 atom stereocenters. The van der Waals surface area contributed by atoms with Gasteiger partial charge in [-0.15, -0.1) is 0 Å². The van der Waals surface area contributed by atoms with Gasteiger partial charge in [0.05, 0.1) is 5.92 Å². The summed E-state index contributed by atoms with van der Waals surface area (Å²) < 4.78 is 5.67. The molecule has 35 heavy (non-hydrogen) atoms. The fraction of sp³-hybridized carbons (Fsp3) is 0.464. The maximum Gasteiger partial charge on any atom is 0.408 e. The van der Waals surface area contributed by atoms with Gasteiger partial charge in [-0.3, -0.25) is 9.59 Å². The fourth-order valence-corrected chi connectivity index (χ4v) is 5.63. The van der Waals surface area contributed by atoms with Crippen molar-refractivity contribution in [3.8, 4) is 11.1 Å². The standard InChI is InChI=1S/C28H34N2O5/c1-3-28(4-2,26(33)29-16-18-10-9-15-19(18)25(31)32)30-27(34)35-17-24-22-13-7-5-11-20(22)21-12-6-8-14-23(21)24/h5-8,11-14,18-19,24H,3-4,9-10,15-17H2,1-2H3,(H,29,33)(H,30,34)(H,31,32)/t18-,19-/m1/s1. The Morgan fingerprint density at radius 2 is 1.57 bits per heavy atom. The molecule has 1 fully saturated rings. The molecule has 2 aromatic carbocycles. The zero-order valence-corrected chi connectivity index (χ0v) is 20.4. The van der Waals surface area contributed by atoms with Gasteiger partial charge < -0.3 is 20.5 Å². The van der Waals surface area contributed by atoms with Crippen LogP contribution in [-0.2, 0) is 14.3 Å². The topological polar surface area (TPSA) is 105 Å². The van der Waals surface area contributed by atoms with Crippen molar-refractivity contribution in [2.24, 2.45) is 11.8 Å². The number of hydrogen-bond donors (Lipinski definition) is 3. The molecule has 1 saturated carbocycles. The summed E-state index contributed by atoms with van der Waals surface area (Å²) in [5.41, 5.74) is 3.45. The zero-order valence-electron chi connectivity index (χ0n) is 20.4. The molecule has 2 aliphatic carbocycles. The second-order valence-electron chi connectivity index (χ2n) is 9.59. The Morgan fingerprint density at radius 3 is 2.14 bits per heavy atom. The van der Waals surface area contributed by atoms with Gasteiger partial charge in [0.1, 0.15) is 12.1 Å². The number of rotatable bonds is 9. The molecule has 0 bridgehead atoms. The summed E-state index contributed by atoms with van der Waals surface area (Å²) in [5.74, 6) is -1.68. The van der Waals surface area contributed by atoms with E-state index in [4.69, 9.17) is 4.74 Å². The third-order valence-corrected chi connectivity index (χ3v) is 7.83. The summed E-state index contributed by atoms with van der Waals surface area (Å²) in [6, 6.07) is 16.3. The van der Waals surface area contributed by atoms with Crippen molar-refractivity contribution in [3.05, 3.63) is 59.7 Å². The van der Waals surface area contributed by atoms with Gasteiger partial charge in [-0.25, -0.2) is 4.79 Å². The highest BCUT2D eigenvalue weighted by Gasteiger charge is 2.39. The molecule has 0 unspecified atom stereocenters. The van der Waals surface area contributed by atoms with Gasteiger partial charge in [0.25, 0.3) is 0 Å². The number of ether oxygens (including phenoxy) is 1. The van der Waals surface area contributed by atoms with Crippen molar-refractivity contribution >= 4 is 18.0 Å². The van der Waals surface area contributed by atoms with E-state index in [-0.39, 0.29) is 24.3 Å². The average molecular weight is 479 g/mol. The van der Waals surface area contributed by atoms with Crippen LogP contribution in [0.25, 0.3) is 11.1 Å². The third kappa shape index (κ3) is 4.90. The highest BCUT2D eigenvalue weighted by Crippen LogP contribution is 2.44. The van der Waals surface area contributed by atoms with Crippen LogP contribution in [0.3, 0.4) is 0 Å². The molecule has 4 rings (SSSR count). The lowest BCUT2D eigenvalue weighted by atomic mass is 9.90. The van der Waals surface area contributed by atoms with Crippen LogP contribution in [0.5, 0.6) is 0 Å². The molecule has 2 aromatic rings. The largest absolute Gasteiger partial charge is 0.481 e. The van der Waals surface area contributed by atoms with Crippen LogP contribution < -0.4 is 10.6 Å². The first-order valence-electron chi connectivity index (χ1n) is 12.5. The summed E-state index contributed by atoms with van der Waals surface area (Å²) in [4.78, 5) is 37.5. The summed E-state index contributed by atoms with van der Waals surface area (Å²) in [7, 11) is 0. The average Bonchev–Trinajstić information content (AvgIpc) is 3.47. The Bertz CT molecular complexity index is 1050. The number of nitrogens with one attached hydrogen (secondary N) is 2. The van der Waals surface area contributed by atoms with Gasteiger partial charge >= 0.3 is 12.1 Å². The van der Waals surface area contributed by atoms with Gasteiger partial charge in [0, 0.05) is 12.5 Å². The van der Waals surface area contributed by atoms with Gasteiger partial charge in [0.15, 0.2) is 0 Å². The van der Waals surface area contributed by atoms with E-state index in [0.717, 1.165) is 35.1 Å². The first-order chi connectivity index (χ1) is 16.9. The fourth-order valence-electron chi connectivity index (χ4n) is 5.63. The highest BCUT2D eigenvalue weighted by molar-refractivity contribution is 5.90. The van der Waals surface area contributed by atoms with Crippen molar-refractivity contribution in [3.63, 3.8) is 0 Å². The molecule has 7 nitrogen and oxygen atoms in total. The van der Waals surface area contributed by atoms with Crippen molar-refractivity contribution < 1.29 is 24.2 Å². The van der Waals surface area contributed by atoms with Crippen LogP contribution in [0.15, 0.2) is 48.5 Å². The maximum absolute atomic E-state index is 13.2. The Morgan fingerprint density at radius 1 is 0.971 bits per heavy atom. The predicted octanol–water partition coefficient (Wildman–Crippen LogP) is 4.70. The second kappa shape index (κ2) is 10.5. The van der Waals surface area contributed by atoms with Crippen molar-refractivity contribution in [1.29, 1.82) is 0 Å². The van der Waals surface area contributed by atoms with E-state index < -0.39 is 23.5 Å². The number of hydrogen-bond acceptors (Lipinski definition) is 4. The van der Waals surface area contributed by atoms with E-state index in [9.17, 15) is 19.5 Å². The molecule has 2 amide bonds. The van der Waals surface area contributed by atoms with Crippen LogP contribution in [0.1, 0.15) is 63.0 Å². The molecule has 0 spiro atoms. The summed E-state index contributed by atoms with van der Waals surface area (Å²) >= 11 is 0. The van der Waals surface area contributed by atoms with Gasteiger partial charge in [-0.05, 0) is 53.9 Å². The molecule has 7 heteroatoms. The van der Waals surface area contributed by atoms with Crippen LogP contribution in [0, 0.1) is 11.8 Å². The number of amides is 2. The van der Waals surface area contributed by atoms with Crippen molar-refractivity contribution in [1.82, 2.24) is 10.6 Å². The van der Waals surface area contributed by atoms with E-state index in [1.807, 2.05) is 38.1 Å². The Balaban J connectivity index is 1.39. The van der Waals surface area contributed by atoms with E-state index >= 15 is 0 Å². The minimum atomic E-state index is -1.11. The predicted molar refractivity (Wildman–Crippen MR) is 133 cm³/mol. The third-order valence-electron chi connectivity index (χ3n) is 7.83. The summed E-state index contributed by atoms with van der Waals surface area (Å²) in [5, 5.41) is 15.1. The molecule has 0 aromatic heterocycles. The minimum absolute atomic E-state index is 0.0602. The molecular formula is C28H34N2O5. The lowest BCUT2D eigenvalue weighted by molar-refractivity contribution is -0.143. The number of carbonyl (C=O) groups excluding carboxylic acids is 2. The Hall–Kier alpha value is -3.35. The quantitative estimate of drug-likeness (QED) is 0.485. The zero-order chi connectivity index (χ0) is 25.0. The summed E-state index contributed by atoms with van der Waals surface area (Å²) in [6.45, 7) is 4.17. The van der Waals surface area contributed by atoms with Gasteiger partial charge in [0.2, 0.25) is 5.91 Å². The normalized spacial score (nSPS) is 19.0. The number of alkyl carbamates (subject to hydrolysis) is 1. The lowest BCUT2D eigenvalue weighted by Gasteiger charge is -2.32. The molecule has 3 N–H and O–H groups in total. The molecule has 0 heterocycles. The summed E-state index contributed by atoms with van der Waals surface area (Å²) in [6.07, 6.45) is 2.43. The first-order valence-corrected chi connectivity index (χ1v) is 12.5. The van der Waals surface area contributed by atoms with E-state index in [1.54, 1.807) is 0 Å². The highest BCUT2D eigenvalue weighted by atomic mass is 16.5. The SMILES string of the molecule is CCC(CC)(NC(=O)OCC1c2ccccc2-c2ccccc21)C(=O)NC[C@H]1CCC[C@H]1C(=O)O. The number of fused-ring (bicyclic) bond motifs is 3. The molecule has 0 radical (unpaired) electrons. The lowest BCUT2D eigenvalue weighted by Crippen LogP contribution is -2.59. The number of benzene rings is 2. The number of aliphatic carboxylic acids is 1. The smallest absolute Gasteiger partial charge is 0.408 e. The van der Waals surface area contributed by atoms with Crippen LogP contribution in [0.2, 0.25) is 0 Å². The Labute approximate surface area is 206 Å². The molecule has 186 valence electrons. The van der Waals surface area contributed by atoms with Gasteiger partial charge in [-0.2, -0.15) is 0 Å². The number of carbonyl (C=O) groups is 3. The van der Waals surface area contributed by atoms with E-state index in [1.165, 1.54) is 0 Å².